The zero-order valence-electron chi connectivity index (χ0n) is 9.47. The van der Waals surface area contributed by atoms with Crippen LogP contribution in [-0.4, -0.2) is 34.2 Å². The normalized spacial score (nSPS) is 12.2. The van der Waals surface area contributed by atoms with Gasteiger partial charge in [-0.15, -0.1) is 0 Å². The van der Waals surface area contributed by atoms with Crippen LogP contribution < -0.4 is 10.1 Å². The summed E-state index contributed by atoms with van der Waals surface area (Å²) >= 11 is 0. The lowest BCUT2D eigenvalue weighted by Crippen LogP contribution is -2.34. The number of anilines is 1. The van der Waals surface area contributed by atoms with E-state index >= 15 is 0 Å². The lowest BCUT2D eigenvalue weighted by atomic mass is 10.1. The first-order valence-electron chi connectivity index (χ1n) is 4.91. The topological polar surface area (TPSA) is 84.3 Å². The van der Waals surface area contributed by atoms with E-state index in [2.05, 4.69) is 15.3 Å². The predicted molar refractivity (Wildman–Crippen MR) is 58.5 cm³/mol. The number of aliphatic carboxylic acids is 1. The number of carboxylic acids is 1. The third kappa shape index (κ3) is 3.08. The molecule has 0 spiro atoms. The summed E-state index contributed by atoms with van der Waals surface area (Å²) in [4.78, 5) is 18.9. The molecule has 0 aliphatic carbocycles. The molecule has 0 fully saturated rings. The molecule has 0 saturated carbocycles. The SMILES string of the molecule is COc1ccnc(N[C@@H](C(=O)O)C(C)C)n1. The molecule has 0 aliphatic heterocycles. The summed E-state index contributed by atoms with van der Waals surface area (Å²) in [7, 11) is 1.49. The van der Waals surface area contributed by atoms with Gasteiger partial charge in [-0.25, -0.2) is 9.78 Å². The maximum absolute atomic E-state index is 11.0. The zero-order valence-corrected chi connectivity index (χ0v) is 9.47. The van der Waals surface area contributed by atoms with Crippen molar-refractivity contribution in [2.45, 2.75) is 19.9 Å². The van der Waals surface area contributed by atoms with Crippen LogP contribution in [0.4, 0.5) is 5.95 Å². The molecule has 1 atom stereocenters. The van der Waals surface area contributed by atoms with E-state index in [1.54, 1.807) is 6.07 Å². The molecule has 16 heavy (non-hydrogen) atoms. The molecule has 0 aliphatic rings. The van der Waals surface area contributed by atoms with Gasteiger partial charge in [0.1, 0.15) is 6.04 Å². The van der Waals surface area contributed by atoms with Crippen molar-refractivity contribution >= 4 is 11.9 Å². The Bertz CT molecular complexity index is 368. The van der Waals surface area contributed by atoms with Crippen LogP contribution in [0.2, 0.25) is 0 Å². The number of ether oxygens (including phenoxy) is 1. The fraction of sp³-hybridized carbons (Fsp3) is 0.500. The van der Waals surface area contributed by atoms with Crippen LogP contribution in [-0.2, 0) is 4.79 Å². The molecule has 0 amide bonds. The molecular weight excluding hydrogens is 210 g/mol. The number of hydrogen-bond acceptors (Lipinski definition) is 5. The van der Waals surface area contributed by atoms with E-state index in [0.717, 1.165) is 0 Å². The highest BCUT2D eigenvalue weighted by Gasteiger charge is 2.22. The third-order valence-electron chi connectivity index (χ3n) is 2.06. The number of hydrogen-bond donors (Lipinski definition) is 2. The fourth-order valence-electron chi connectivity index (χ4n) is 1.18. The number of nitrogens with one attached hydrogen (secondary N) is 1. The van der Waals surface area contributed by atoms with E-state index in [9.17, 15) is 4.79 Å². The standard InChI is InChI=1S/C10H15N3O3/c1-6(2)8(9(14)15)13-10-11-5-4-7(12-10)16-3/h4-6,8H,1-3H3,(H,14,15)(H,11,12,13)/t8-/m1/s1. The first-order chi connectivity index (χ1) is 7.54. The van der Waals surface area contributed by atoms with Crippen LogP contribution in [0.5, 0.6) is 5.88 Å². The minimum absolute atomic E-state index is 0.0627. The minimum atomic E-state index is -0.929. The summed E-state index contributed by atoms with van der Waals surface area (Å²) < 4.78 is 4.92. The average Bonchev–Trinajstić information content (AvgIpc) is 2.25. The lowest BCUT2D eigenvalue weighted by Gasteiger charge is -2.17. The summed E-state index contributed by atoms with van der Waals surface area (Å²) in [6, 6.07) is 0.878. The van der Waals surface area contributed by atoms with Crippen LogP contribution in [0.15, 0.2) is 12.3 Å². The van der Waals surface area contributed by atoms with E-state index in [-0.39, 0.29) is 11.9 Å². The van der Waals surface area contributed by atoms with Crippen molar-refractivity contribution in [2.24, 2.45) is 5.92 Å². The lowest BCUT2D eigenvalue weighted by molar-refractivity contribution is -0.138. The van der Waals surface area contributed by atoms with Crippen molar-refractivity contribution in [1.29, 1.82) is 0 Å². The van der Waals surface area contributed by atoms with Crippen molar-refractivity contribution < 1.29 is 14.6 Å². The smallest absolute Gasteiger partial charge is 0.326 e. The third-order valence-corrected chi connectivity index (χ3v) is 2.06. The Morgan fingerprint density at radius 1 is 1.56 bits per heavy atom. The minimum Gasteiger partial charge on any atom is -0.481 e. The van der Waals surface area contributed by atoms with E-state index < -0.39 is 12.0 Å². The highest BCUT2D eigenvalue weighted by atomic mass is 16.5. The van der Waals surface area contributed by atoms with Crippen LogP contribution >= 0.6 is 0 Å². The predicted octanol–water partition coefficient (Wildman–Crippen LogP) is 1.01. The largest absolute Gasteiger partial charge is 0.481 e. The molecule has 1 rings (SSSR count). The van der Waals surface area contributed by atoms with Crippen LogP contribution in [0.3, 0.4) is 0 Å². The van der Waals surface area contributed by atoms with E-state index in [1.807, 2.05) is 13.8 Å². The molecule has 0 saturated heterocycles. The highest BCUT2D eigenvalue weighted by Crippen LogP contribution is 2.11. The molecule has 0 unspecified atom stereocenters. The number of rotatable bonds is 5. The van der Waals surface area contributed by atoms with Gasteiger partial charge in [0.15, 0.2) is 0 Å². The van der Waals surface area contributed by atoms with Crippen molar-refractivity contribution in [1.82, 2.24) is 9.97 Å². The molecule has 1 heterocycles. The molecular formula is C10H15N3O3. The van der Waals surface area contributed by atoms with E-state index in [4.69, 9.17) is 9.84 Å². The second-order valence-corrected chi connectivity index (χ2v) is 3.63. The van der Waals surface area contributed by atoms with Crippen molar-refractivity contribution in [3.63, 3.8) is 0 Å². The Morgan fingerprint density at radius 2 is 2.25 bits per heavy atom. The summed E-state index contributed by atoms with van der Waals surface area (Å²) in [5.74, 6) is -0.348. The number of aromatic nitrogens is 2. The fourth-order valence-corrected chi connectivity index (χ4v) is 1.18. The van der Waals surface area contributed by atoms with Crippen LogP contribution in [0.1, 0.15) is 13.8 Å². The second kappa shape index (κ2) is 5.29. The number of carboxylic acid groups (broad SMARTS) is 1. The van der Waals surface area contributed by atoms with Gasteiger partial charge < -0.3 is 15.2 Å². The summed E-state index contributed by atoms with van der Waals surface area (Å²) in [6.07, 6.45) is 1.51. The van der Waals surface area contributed by atoms with Crippen molar-refractivity contribution in [3.05, 3.63) is 12.3 Å². The van der Waals surface area contributed by atoms with Gasteiger partial charge in [0.05, 0.1) is 7.11 Å². The van der Waals surface area contributed by atoms with E-state index in [0.29, 0.717) is 5.88 Å². The molecule has 1 aromatic rings. The maximum atomic E-state index is 11.0. The maximum Gasteiger partial charge on any atom is 0.326 e. The Balaban J connectivity index is 2.81. The molecule has 0 bridgehead atoms. The second-order valence-electron chi connectivity index (χ2n) is 3.63. The quantitative estimate of drug-likeness (QED) is 0.777. The van der Waals surface area contributed by atoms with E-state index in [1.165, 1.54) is 13.3 Å². The first kappa shape index (κ1) is 12.2. The number of methoxy groups -OCH3 is 1. The summed E-state index contributed by atoms with van der Waals surface area (Å²) in [5.41, 5.74) is 0. The number of carbonyl (C=O) groups is 1. The molecule has 2 N–H and O–H groups in total. The molecule has 6 nitrogen and oxygen atoms in total. The molecule has 6 heteroatoms. The Hall–Kier alpha value is -1.85. The Morgan fingerprint density at radius 3 is 2.75 bits per heavy atom. The Kier molecular flexibility index (Phi) is 4.04. The molecule has 0 aromatic carbocycles. The van der Waals surface area contributed by atoms with Crippen LogP contribution in [0, 0.1) is 5.92 Å². The van der Waals surface area contributed by atoms with Gasteiger partial charge >= 0.3 is 5.97 Å². The molecule has 88 valence electrons. The zero-order chi connectivity index (χ0) is 12.1. The van der Waals surface area contributed by atoms with Gasteiger partial charge in [-0.3, -0.25) is 0 Å². The van der Waals surface area contributed by atoms with Crippen LogP contribution in [0.25, 0.3) is 0 Å². The highest BCUT2D eigenvalue weighted by molar-refractivity contribution is 5.76. The van der Waals surface area contributed by atoms with Gasteiger partial charge in [0.2, 0.25) is 11.8 Å². The summed E-state index contributed by atoms with van der Waals surface area (Å²) in [5, 5.41) is 11.7. The molecule has 1 aromatic heterocycles. The monoisotopic (exact) mass is 225 g/mol. The first-order valence-corrected chi connectivity index (χ1v) is 4.91. The average molecular weight is 225 g/mol. The van der Waals surface area contributed by atoms with Crippen molar-refractivity contribution in [3.8, 4) is 5.88 Å². The Labute approximate surface area is 93.7 Å². The molecule has 0 radical (unpaired) electrons. The number of nitrogens with zero attached hydrogens (tertiary/aromatic N) is 2. The van der Waals surface area contributed by atoms with Gasteiger partial charge in [-0.05, 0) is 5.92 Å². The summed E-state index contributed by atoms with van der Waals surface area (Å²) in [6.45, 7) is 3.62. The van der Waals surface area contributed by atoms with Gasteiger partial charge in [0, 0.05) is 12.3 Å². The van der Waals surface area contributed by atoms with Gasteiger partial charge in [-0.2, -0.15) is 4.98 Å². The van der Waals surface area contributed by atoms with Gasteiger partial charge in [0.25, 0.3) is 0 Å². The van der Waals surface area contributed by atoms with Crippen molar-refractivity contribution in [2.75, 3.05) is 12.4 Å². The van der Waals surface area contributed by atoms with Gasteiger partial charge in [-0.1, -0.05) is 13.8 Å².